The zero-order valence-electron chi connectivity index (χ0n) is 12.3. The summed E-state index contributed by atoms with van der Waals surface area (Å²) in [5.74, 6) is 0.997. The van der Waals surface area contributed by atoms with E-state index in [1.54, 1.807) is 24.3 Å². The summed E-state index contributed by atoms with van der Waals surface area (Å²) in [6, 6.07) is 6.98. The van der Waals surface area contributed by atoms with Crippen LogP contribution in [0.3, 0.4) is 0 Å². The average molecular weight is 291 g/mol. The number of rotatable bonds is 6. The second-order valence-corrected chi connectivity index (χ2v) is 5.15. The molecule has 1 heterocycles. The Labute approximate surface area is 124 Å². The lowest BCUT2D eigenvalue weighted by Gasteiger charge is -2.28. The summed E-state index contributed by atoms with van der Waals surface area (Å²) in [5, 5.41) is 0. The molecule has 1 fully saturated rings. The van der Waals surface area contributed by atoms with E-state index in [0.717, 1.165) is 31.4 Å². The summed E-state index contributed by atoms with van der Waals surface area (Å²) in [6.07, 6.45) is 2.83. The first kappa shape index (κ1) is 15.5. The van der Waals surface area contributed by atoms with Crippen LogP contribution in [-0.4, -0.2) is 43.4 Å². The zero-order valence-corrected chi connectivity index (χ0v) is 12.3. The zero-order chi connectivity index (χ0) is 15.1. The van der Waals surface area contributed by atoms with E-state index in [9.17, 15) is 9.59 Å². The molecule has 1 aromatic carbocycles. The number of esters is 1. The molecule has 114 valence electrons. The van der Waals surface area contributed by atoms with Crippen LogP contribution in [0.5, 0.6) is 11.5 Å². The molecule has 5 nitrogen and oxygen atoms in total. The van der Waals surface area contributed by atoms with E-state index in [-0.39, 0.29) is 18.4 Å². The van der Waals surface area contributed by atoms with Gasteiger partial charge in [0.25, 0.3) is 0 Å². The molecule has 0 radical (unpaired) electrons. The van der Waals surface area contributed by atoms with Gasteiger partial charge in [0.1, 0.15) is 17.8 Å². The molecule has 5 heteroatoms. The van der Waals surface area contributed by atoms with Crippen molar-refractivity contribution in [2.45, 2.75) is 19.8 Å². The van der Waals surface area contributed by atoms with Gasteiger partial charge < -0.3 is 14.3 Å². The molecule has 0 aromatic heterocycles. The minimum absolute atomic E-state index is 0.0389. The number of piperidine rings is 1. The van der Waals surface area contributed by atoms with E-state index in [2.05, 4.69) is 0 Å². The summed E-state index contributed by atoms with van der Waals surface area (Å²) >= 11 is 0. The number of nitrogens with zero attached hydrogens (tertiary/aromatic N) is 1. The SMILES string of the molecule is CCOc1ccc(OC(=O)CN2CCCC(C=O)C2)cc1. The van der Waals surface area contributed by atoms with Gasteiger partial charge in [-0.05, 0) is 50.6 Å². The topological polar surface area (TPSA) is 55.8 Å². The Morgan fingerprint density at radius 3 is 2.71 bits per heavy atom. The van der Waals surface area contributed by atoms with Crippen LogP contribution < -0.4 is 9.47 Å². The predicted octanol–water partition coefficient (Wildman–Crippen LogP) is 1.90. The first-order valence-electron chi connectivity index (χ1n) is 7.32. The van der Waals surface area contributed by atoms with Crippen molar-refractivity contribution in [2.24, 2.45) is 5.92 Å². The molecular formula is C16H21NO4. The standard InChI is InChI=1S/C16H21NO4/c1-2-20-14-5-7-15(8-6-14)21-16(19)11-17-9-3-4-13(10-17)12-18/h5-8,12-13H,2-4,9-11H2,1H3. The Morgan fingerprint density at radius 1 is 1.33 bits per heavy atom. The quantitative estimate of drug-likeness (QED) is 0.455. The maximum Gasteiger partial charge on any atom is 0.325 e. The second kappa shape index (κ2) is 7.78. The molecule has 0 bridgehead atoms. The Hall–Kier alpha value is -1.88. The van der Waals surface area contributed by atoms with E-state index in [4.69, 9.17) is 9.47 Å². The van der Waals surface area contributed by atoms with Gasteiger partial charge in [-0.2, -0.15) is 0 Å². The highest BCUT2D eigenvalue weighted by Gasteiger charge is 2.21. The third kappa shape index (κ3) is 4.86. The Morgan fingerprint density at radius 2 is 2.05 bits per heavy atom. The number of hydrogen-bond acceptors (Lipinski definition) is 5. The largest absolute Gasteiger partial charge is 0.494 e. The molecule has 1 aliphatic rings. The van der Waals surface area contributed by atoms with Crippen molar-refractivity contribution in [3.63, 3.8) is 0 Å². The Balaban J connectivity index is 1.82. The minimum atomic E-state index is -0.300. The number of benzene rings is 1. The van der Waals surface area contributed by atoms with Crippen LogP contribution >= 0.6 is 0 Å². The monoisotopic (exact) mass is 291 g/mol. The third-order valence-corrected chi connectivity index (χ3v) is 3.45. The van der Waals surface area contributed by atoms with Crippen molar-refractivity contribution in [1.29, 1.82) is 0 Å². The molecule has 0 N–H and O–H groups in total. The lowest BCUT2D eigenvalue weighted by Crippen LogP contribution is -2.40. The summed E-state index contributed by atoms with van der Waals surface area (Å²) in [5.41, 5.74) is 0. The van der Waals surface area contributed by atoms with E-state index >= 15 is 0 Å². The number of carbonyl (C=O) groups is 2. The molecule has 1 aromatic rings. The van der Waals surface area contributed by atoms with Crippen LogP contribution in [0.2, 0.25) is 0 Å². The lowest BCUT2D eigenvalue weighted by molar-refractivity contribution is -0.136. The van der Waals surface area contributed by atoms with Crippen LogP contribution in [-0.2, 0) is 9.59 Å². The first-order chi connectivity index (χ1) is 10.2. The second-order valence-electron chi connectivity index (χ2n) is 5.15. The van der Waals surface area contributed by atoms with Crippen molar-refractivity contribution in [1.82, 2.24) is 4.90 Å². The molecular weight excluding hydrogens is 270 g/mol. The van der Waals surface area contributed by atoms with Crippen LogP contribution in [0.1, 0.15) is 19.8 Å². The summed E-state index contributed by atoms with van der Waals surface area (Å²) in [6.45, 7) is 4.22. The highest BCUT2D eigenvalue weighted by Crippen LogP contribution is 2.18. The summed E-state index contributed by atoms with van der Waals surface area (Å²) in [4.78, 5) is 24.7. The van der Waals surface area contributed by atoms with Crippen LogP contribution in [0.15, 0.2) is 24.3 Å². The third-order valence-electron chi connectivity index (χ3n) is 3.45. The molecule has 21 heavy (non-hydrogen) atoms. The number of likely N-dealkylation sites (tertiary alicyclic amines) is 1. The van der Waals surface area contributed by atoms with Gasteiger partial charge in [0.2, 0.25) is 0 Å². The van der Waals surface area contributed by atoms with Crippen molar-refractivity contribution >= 4 is 12.3 Å². The molecule has 0 amide bonds. The van der Waals surface area contributed by atoms with Gasteiger partial charge in [0.05, 0.1) is 13.2 Å². The van der Waals surface area contributed by atoms with Gasteiger partial charge in [-0.3, -0.25) is 9.69 Å². The van der Waals surface area contributed by atoms with Crippen LogP contribution in [0, 0.1) is 5.92 Å². The Bertz CT molecular complexity index is 472. The lowest BCUT2D eigenvalue weighted by atomic mass is 10.00. The van der Waals surface area contributed by atoms with Gasteiger partial charge in [0.15, 0.2) is 0 Å². The molecule has 1 aliphatic heterocycles. The normalized spacial score (nSPS) is 19.0. The molecule has 1 atom stereocenters. The number of aldehydes is 1. The molecule has 1 saturated heterocycles. The number of hydrogen-bond donors (Lipinski definition) is 0. The smallest absolute Gasteiger partial charge is 0.325 e. The van der Waals surface area contributed by atoms with Crippen molar-refractivity contribution in [3.8, 4) is 11.5 Å². The fourth-order valence-corrected chi connectivity index (χ4v) is 2.46. The highest BCUT2D eigenvalue weighted by atomic mass is 16.5. The van der Waals surface area contributed by atoms with Crippen molar-refractivity contribution in [2.75, 3.05) is 26.2 Å². The maximum absolute atomic E-state index is 11.9. The molecule has 1 unspecified atom stereocenters. The van der Waals surface area contributed by atoms with Gasteiger partial charge in [-0.1, -0.05) is 0 Å². The minimum Gasteiger partial charge on any atom is -0.494 e. The molecule has 0 aliphatic carbocycles. The van der Waals surface area contributed by atoms with E-state index in [0.29, 0.717) is 18.9 Å². The van der Waals surface area contributed by atoms with Gasteiger partial charge in [-0.15, -0.1) is 0 Å². The molecule has 0 saturated carbocycles. The summed E-state index contributed by atoms with van der Waals surface area (Å²) in [7, 11) is 0. The van der Waals surface area contributed by atoms with Crippen LogP contribution in [0.25, 0.3) is 0 Å². The first-order valence-corrected chi connectivity index (χ1v) is 7.32. The fraction of sp³-hybridized carbons (Fsp3) is 0.500. The maximum atomic E-state index is 11.9. The van der Waals surface area contributed by atoms with Crippen molar-refractivity contribution < 1.29 is 19.1 Å². The Kier molecular flexibility index (Phi) is 5.75. The van der Waals surface area contributed by atoms with Crippen molar-refractivity contribution in [3.05, 3.63) is 24.3 Å². The van der Waals surface area contributed by atoms with E-state index in [1.807, 2.05) is 11.8 Å². The average Bonchev–Trinajstić information content (AvgIpc) is 2.49. The van der Waals surface area contributed by atoms with E-state index in [1.165, 1.54) is 0 Å². The van der Waals surface area contributed by atoms with Gasteiger partial charge >= 0.3 is 5.97 Å². The van der Waals surface area contributed by atoms with Gasteiger partial charge in [0, 0.05) is 12.5 Å². The molecule has 0 spiro atoms. The van der Waals surface area contributed by atoms with E-state index < -0.39 is 0 Å². The van der Waals surface area contributed by atoms with Gasteiger partial charge in [-0.25, -0.2) is 0 Å². The van der Waals surface area contributed by atoms with Crippen LogP contribution in [0.4, 0.5) is 0 Å². The highest BCUT2D eigenvalue weighted by molar-refractivity contribution is 5.74. The predicted molar refractivity (Wildman–Crippen MR) is 78.5 cm³/mol. The number of carbonyl (C=O) groups excluding carboxylic acids is 2. The molecule has 2 rings (SSSR count). The fourth-order valence-electron chi connectivity index (χ4n) is 2.46. The summed E-state index contributed by atoms with van der Waals surface area (Å²) < 4.78 is 10.6. The number of ether oxygens (including phenoxy) is 2.